The van der Waals surface area contributed by atoms with Crippen LogP contribution in [0, 0.1) is 0 Å². The van der Waals surface area contributed by atoms with Gasteiger partial charge in [0.15, 0.2) is 0 Å². The molecule has 1 rings (SSSR count). The van der Waals surface area contributed by atoms with E-state index in [0.717, 1.165) is 12.1 Å². The predicted molar refractivity (Wildman–Crippen MR) is 82.1 cm³/mol. The van der Waals surface area contributed by atoms with Gasteiger partial charge in [-0.15, -0.1) is 0 Å². The molecule has 0 spiro atoms. The summed E-state index contributed by atoms with van der Waals surface area (Å²) in [6.07, 6.45) is 0.232. The van der Waals surface area contributed by atoms with Crippen LogP contribution in [0.1, 0.15) is 31.9 Å². The molecule has 1 aromatic rings. The van der Waals surface area contributed by atoms with E-state index >= 15 is 0 Å². The number of hydrogen-bond acceptors (Lipinski definition) is 3. The van der Waals surface area contributed by atoms with Crippen LogP contribution < -0.4 is 5.32 Å². The minimum absolute atomic E-state index is 0.0154. The Labute approximate surface area is 121 Å². The Bertz CT molecular complexity index is 464. The Morgan fingerprint density at radius 2 is 2.00 bits per heavy atom. The first-order valence-electron chi connectivity index (χ1n) is 6.97. The third kappa shape index (κ3) is 4.23. The van der Waals surface area contributed by atoms with Crippen molar-refractivity contribution < 1.29 is 9.90 Å². The lowest BCUT2D eigenvalue weighted by Crippen LogP contribution is -2.33. The largest absolute Gasteiger partial charge is 0.507 e. The molecule has 2 N–H and O–H groups in total. The Morgan fingerprint density at radius 1 is 1.35 bits per heavy atom. The number of likely N-dealkylation sites (N-methyl/N-ethyl adjacent to an activating group) is 2. The highest BCUT2D eigenvalue weighted by Gasteiger charge is 2.21. The van der Waals surface area contributed by atoms with E-state index in [1.54, 1.807) is 11.9 Å². The van der Waals surface area contributed by atoms with Crippen LogP contribution in [0.4, 0.5) is 0 Å². The fraction of sp³-hybridized carbons (Fsp3) is 0.562. The molecule has 0 aliphatic carbocycles. The van der Waals surface area contributed by atoms with Crippen molar-refractivity contribution in [3.63, 3.8) is 0 Å². The van der Waals surface area contributed by atoms with Gasteiger partial charge in [-0.05, 0) is 18.0 Å². The van der Waals surface area contributed by atoms with Gasteiger partial charge in [-0.2, -0.15) is 0 Å². The predicted octanol–water partition coefficient (Wildman–Crippen LogP) is 1.91. The number of nitrogens with one attached hydrogen (secondary N) is 1. The van der Waals surface area contributed by atoms with Crippen molar-refractivity contribution in [2.24, 2.45) is 0 Å². The van der Waals surface area contributed by atoms with Gasteiger partial charge in [-0.1, -0.05) is 39.0 Å². The summed E-state index contributed by atoms with van der Waals surface area (Å²) in [5, 5.41) is 13.4. The van der Waals surface area contributed by atoms with E-state index in [1.165, 1.54) is 0 Å². The van der Waals surface area contributed by atoms with Crippen LogP contribution in [-0.2, 0) is 16.6 Å². The monoisotopic (exact) mass is 278 g/mol. The highest BCUT2D eigenvalue weighted by molar-refractivity contribution is 5.79. The lowest BCUT2D eigenvalue weighted by molar-refractivity contribution is -0.129. The average Bonchev–Trinajstić information content (AvgIpc) is 2.36. The molecule has 0 saturated heterocycles. The zero-order valence-electron chi connectivity index (χ0n) is 13.2. The van der Waals surface area contributed by atoms with Gasteiger partial charge in [-0.25, -0.2) is 0 Å². The van der Waals surface area contributed by atoms with E-state index < -0.39 is 0 Å². The number of phenols is 1. The number of rotatable bonds is 5. The number of carbonyl (C=O) groups excluding carboxylic acids is 1. The maximum Gasteiger partial charge on any atom is 0.226 e. The number of benzene rings is 1. The number of phenolic OH excluding ortho intramolecular Hbond substituents is 1. The molecule has 4 heteroatoms. The molecule has 0 radical (unpaired) electrons. The van der Waals surface area contributed by atoms with Crippen molar-refractivity contribution in [1.82, 2.24) is 10.2 Å². The van der Waals surface area contributed by atoms with Crippen LogP contribution in [-0.4, -0.2) is 43.1 Å². The summed E-state index contributed by atoms with van der Waals surface area (Å²) in [5.74, 6) is 0.261. The smallest absolute Gasteiger partial charge is 0.226 e. The van der Waals surface area contributed by atoms with Crippen molar-refractivity contribution >= 4 is 5.91 Å². The number of hydrogen-bond donors (Lipinski definition) is 2. The lowest BCUT2D eigenvalue weighted by Gasteiger charge is -2.22. The molecule has 0 atom stereocenters. The first kappa shape index (κ1) is 16.5. The van der Waals surface area contributed by atoms with Crippen molar-refractivity contribution in [1.29, 1.82) is 0 Å². The van der Waals surface area contributed by atoms with Crippen LogP contribution in [0.3, 0.4) is 0 Å². The van der Waals surface area contributed by atoms with Gasteiger partial charge in [0, 0.05) is 25.7 Å². The molecule has 1 aromatic carbocycles. The molecule has 1 amide bonds. The molecule has 0 fully saturated rings. The maximum absolute atomic E-state index is 12.1. The molecule has 0 heterocycles. The topological polar surface area (TPSA) is 52.6 Å². The second-order valence-electron chi connectivity index (χ2n) is 6.16. The number of aromatic hydroxyl groups is 1. The SMILES string of the molecule is CNCCN(C)C(=O)Cc1cccc(C(C)(C)C)c1O. The van der Waals surface area contributed by atoms with Gasteiger partial charge in [0.05, 0.1) is 6.42 Å². The molecule has 0 bridgehead atoms. The quantitative estimate of drug-likeness (QED) is 0.865. The van der Waals surface area contributed by atoms with E-state index in [4.69, 9.17) is 0 Å². The third-order valence-corrected chi connectivity index (χ3v) is 3.39. The molecule has 0 aliphatic rings. The lowest BCUT2D eigenvalue weighted by atomic mass is 9.85. The summed E-state index contributed by atoms with van der Waals surface area (Å²) >= 11 is 0. The fourth-order valence-electron chi connectivity index (χ4n) is 2.04. The van der Waals surface area contributed by atoms with Gasteiger partial charge >= 0.3 is 0 Å². The van der Waals surface area contributed by atoms with Gasteiger partial charge < -0.3 is 15.3 Å². The van der Waals surface area contributed by atoms with Crippen molar-refractivity contribution in [3.8, 4) is 5.75 Å². The summed E-state index contributed by atoms with van der Waals surface area (Å²) in [4.78, 5) is 13.8. The number of carbonyl (C=O) groups is 1. The van der Waals surface area contributed by atoms with Crippen LogP contribution >= 0.6 is 0 Å². The van der Waals surface area contributed by atoms with E-state index in [9.17, 15) is 9.90 Å². The molecule has 0 aliphatic heterocycles. The first-order valence-corrected chi connectivity index (χ1v) is 6.97. The normalized spacial score (nSPS) is 11.4. The minimum Gasteiger partial charge on any atom is -0.507 e. The van der Waals surface area contributed by atoms with Crippen LogP contribution in [0.2, 0.25) is 0 Å². The van der Waals surface area contributed by atoms with Crippen molar-refractivity contribution in [3.05, 3.63) is 29.3 Å². The Morgan fingerprint density at radius 3 is 2.55 bits per heavy atom. The van der Waals surface area contributed by atoms with Crippen molar-refractivity contribution in [2.75, 3.05) is 27.2 Å². The van der Waals surface area contributed by atoms with Gasteiger partial charge in [0.2, 0.25) is 5.91 Å². The highest BCUT2D eigenvalue weighted by atomic mass is 16.3. The molecule has 0 unspecified atom stereocenters. The minimum atomic E-state index is -0.138. The molecule has 4 nitrogen and oxygen atoms in total. The summed E-state index contributed by atoms with van der Waals surface area (Å²) in [7, 11) is 3.64. The molecule has 0 saturated carbocycles. The van der Waals surface area contributed by atoms with Gasteiger partial charge in [-0.3, -0.25) is 4.79 Å². The number of nitrogens with zero attached hydrogens (tertiary/aromatic N) is 1. The third-order valence-electron chi connectivity index (χ3n) is 3.39. The summed E-state index contributed by atoms with van der Waals surface area (Å²) in [5.41, 5.74) is 1.43. The van der Waals surface area contributed by atoms with Crippen LogP contribution in [0.5, 0.6) is 5.75 Å². The summed E-state index contributed by atoms with van der Waals surface area (Å²) in [6, 6.07) is 5.62. The maximum atomic E-state index is 12.1. The zero-order valence-corrected chi connectivity index (χ0v) is 13.2. The van der Waals surface area contributed by atoms with Crippen LogP contribution in [0.15, 0.2) is 18.2 Å². The average molecular weight is 278 g/mol. The van der Waals surface area contributed by atoms with E-state index in [0.29, 0.717) is 12.1 Å². The number of amides is 1. The highest BCUT2D eigenvalue weighted by Crippen LogP contribution is 2.33. The van der Waals surface area contributed by atoms with Gasteiger partial charge in [0.25, 0.3) is 0 Å². The zero-order chi connectivity index (χ0) is 15.3. The van der Waals surface area contributed by atoms with Crippen LogP contribution in [0.25, 0.3) is 0 Å². The summed E-state index contributed by atoms with van der Waals surface area (Å²) in [6.45, 7) is 7.57. The van der Waals surface area contributed by atoms with Crippen molar-refractivity contribution in [2.45, 2.75) is 32.6 Å². The van der Waals surface area contributed by atoms with E-state index in [2.05, 4.69) is 5.32 Å². The molecular weight excluding hydrogens is 252 g/mol. The van der Waals surface area contributed by atoms with E-state index in [-0.39, 0.29) is 23.5 Å². The first-order chi connectivity index (χ1) is 9.27. The standard InChI is InChI=1S/C16H26N2O2/c1-16(2,3)13-8-6-7-12(15(13)20)11-14(19)18(5)10-9-17-4/h6-8,17,20H,9-11H2,1-5H3. The second kappa shape index (κ2) is 6.75. The Balaban J connectivity index is 2.86. The molecule has 20 heavy (non-hydrogen) atoms. The summed E-state index contributed by atoms with van der Waals surface area (Å²) < 4.78 is 0. The Kier molecular flexibility index (Phi) is 5.57. The molecule has 0 aromatic heterocycles. The number of para-hydroxylation sites is 1. The molecular formula is C16H26N2O2. The van der Waals surface area contributed by atoms with E-state index in [1.807, 2.05) is 46.0 Å². The molecule has 112 valence electrons. The fourth-order valence-corrected chi connectivity index (χ4v) is 2.04. The second-order valence-corrected chi connectivity index (χ2v) is 6.16. The Hall–Kier alpha value is -1.55. The van der Waals surface area contributed by atoms with Gasteiger partial charge in [0.1, 0.15) is 5.75 Å².